The van der Waals surface area contributed by atoms with Crippen LogP contribution < -0.4 is 5.32 Å². The summed E-state index contributed by atoms with van der Waals surface area (Å²) < 4.78 is 5.66. The Balaban J connectivity index is 1.42. The van der Waals surface area contributed by atoms with E-state index in [2.05, 4.69) is 20.5 Å². The molecular formula is C21H17ClN4O2. The fourth-order valence-electron chi connectivity index (χ4n) is 2.85. The lowest BCUT2D eigenvalue weighted by atomic mass is 10.1. The fraction of sp³-hybridized carbons (Fsp3) is 0.143. The number of halogens is 1. The minimum absolute atomic E-state index is 0.177. The highest BCUT2D eigenvalue weighted by molar-refractivity contribution is 6.32. The van der Waals surface area contributed by atoms with E-state index < -0.39 is 0 Å². The van der Waals surface area contributed by atoms with Crippen molar-refractivity contribution >= 4 is 34.1 Å². The molecule has 4 rings (SSSR count). The number of carbonyl (C=O) groups is 1. The lowest BCUT2D eigenvalue weighted by molar-refractivity contribution is -0.116. The lowest BCUT2D eigenvalue weighted by Crippen LogP contribution is -2.13. The first kappa shape index (κ1) is 18.1. The Bertz CT molecular complexity index is 1140. The number of carbonyl (C=O) groups excluding carboxylic acids is 1. The quantitative estimate of drug-likeness (QED) is 0.526. The first-order chi connectivity index (χ1) is 13.6. The van der Waals surface area contributed by atoms with Crippen LogP contribution in [0.2, 0.25) is 5.02 Å². The minimum Gasteiger partial charge on any atom is -0.421 e. The summed E-state index contributed by atoms with van der Waals surface area (Å²) in [4.78, 5) is 16.7. The highest BCUT2D eigenvalue weighted by atomic mass is 35.5. The molecule has 2 heterocycles. The third-order valence-electron chi connectivity index (χ3n) is 4.28. The molecule has 140 valence electrons. The number of hydrogen-bond acceptors (Lipinski definition) is 5. The molecule has 0 aliphatic carbocycles. The van der Waals surface area contributed by atoms with E-state index in [9.17, 15) is 4.79 Å². The van der Waals surface area contributed by atoms with E-state index in [1.807, 2.05) is 49.4 Å². The summed E-state index contributed by atoms with van der Waals surface area (Å²) in [6.07, 6.45) is 2.23. The van der Waals surface area contributed by atoms with Gasteiger partial charge in [0.05, 0.1) is 11.2 Å². The summed E-state index contributed by atoms with van der Waals surface area (Å²) in [6, 6.07) is 15.0. The number of amides is 1. The monoisotopic (exact) mass is 392 g/mol. The topological polar surface area (TPSA) is 80.9 Å². The molecule has 28 heavy (non-hydrogen) atoms. The Morgan fingerprint density at radius 2 is 1.96 bits per heavy atom. The van der Waals surface area contributed by atoms with Crippen molar-refractivity contribution in [3.63, 3.8) is 0 Å². The molecule has 0 aliphatic rings. The Morgan fingerprint density at radius 3 is 2.79 bits per heavy atom. The maximum absolute atomic E-state index is 12.4. The average Bonchev–Trinajstić information content (AvgIpc) is 3.16. The largest absolute Gasteiger partial charge is 0.421 e. The Labute approximate surface area is 166 Å². The standard InChI is InChI=1S/C21H17ClN4O2/c1-13-4-6-14(7-5-13)21-26-25-19(28-21)9-8-18(27)24-17-12-16(22)11-15-3-2-10-23-20(15)17/h2-7,10-12H,8-9H2,1H3,(H,24,27). The van der Waals surface area contributed by atoms with E-state index in [1.54, 1.807) is 12.3 Å². The van der Waals surface area contributed by atoms with Gasteiger partial charge in [-0.2, -0.15) is 0 Å². The highest BCUT2D eigenvalue weighted by Crippen LogP contribution is 2.26. The number of aryl methyl sites for hydroxylation is 2. The number of pyridine rings is 1. The van der Waals surface area contributed by atoms with E-state index >= 15 is 0 Å². The molecule has 0 bridgehead atoms. The second kappa shape index (κ2) is 7.78. The fourth-order valence-corrected chi connectivity index (χ4v) is 3.08. The van der Waals surface area contributed by atoms with Gasteiger partial charge in [0.25, 0.3) is 0 Å². The summed E-state index contributed by atoms with van der Waals surface area (Å²) in [5.74, 6) is 0.685. The molecule has 0 spiro atoms. The minimum atomic E-state index is -0.177. The number of rotatable bonds is 5. The molecular weight excluding hydrogens is 376 g/mol. The predicted molar refractivity (Wildman–Crippen MR) is 108 cm³/mol. The number of aromatic nitrogens is 3. The van der Waals surface area contributed by atoms with E-state index in [4.69, 9.17) is 16.0 Å². The van der Waals surface area contributed by atoms with Crippen molar-refractivity contribution in [2.24, 2.45) is 0 Å². The van der Waals surface area contributed by atoms with Gasteiger partial charge >= 0.3 is 0 Å². The SMILES string of the molecule is Cc1ccc(-c2nnc(CCC(=O)Nc3cc(Cl)cc4cccnc34)o2)cc1. The van der Waals surface area contributed by atoms with Crippen molar-refractivity contribution in [1.29, 1.82) is 0 Å². The summed E-state index contributed by atoms with van der Waals surface area (Å²) in [5.41, 5.74) is 3.28. The lowest BCUT2D eigenvalue weighted by Gasteiger charge is -2.08. The summed E-state index contributed by atoms with van der Waals surface area (Å²) in [5, 5.41) is 12.4. The third kappa shape index (κ3) is 4.02. The molecule has 0 saturated heterocycles. The van der Waals surface area contributed by atoms with Gasteiger partial charge in [-0.25, -0.2) is 0 Å². The average molecular weight is 393 g/mol. The summed E-state index contributed by atoms with van der Waals surface area (Å²) in [6.45, 7) is 2.01. The Kier molecular flexibility index (Phi) is 5.04. The maximum Gasteiger partial charge on any atom is 0.247 e. The van der Waals surface area contributed by atoms with Crippen LogP contribution in [0.15, 0.2) is 59.1 Å². The van der Waals surface area contributed by atoms with Crippen molar-refractivity contribution in [2.45, 2.75) is 19.8 Å². The van der Waals surface area contributed by atoms with Crippen molar-refractivity contribution in [3.05, 3.63) is 71.2 Å². The van der Waals surface area contributed by atoms with Crippen LogP contribution in [0.3, 0.4) is 0 Å². The van der Waals surface area contributed by atoms with Gasteiger partial charge < -0.3 is 9.73 Å². The second-order valence-electron chi connectivity index (χ2n) is 6.44. The van der Waals surface area contributed by atoms with E-state index in [1.165, 1.54) is 0 Å². The molecule has 6 nitrogen and oxygen atoms in total. The second-order valence-corrected chi connectivity index (χ2v) is 6.88. The first-order valence-corrected chi connectivity index (χ1v) is 9.20. The van der Waals surface area contributed by atoms with Crippen LogP contribution in [0.25, 0.3) is 22.4 Å². The number of anilines is 1. The predicted octanol–water partition coefficient (Wildman–Crippen LogP) is 4.82. The number of fused-ring (bicyclic) bond motifs is 1. The number of hydrogen-bond donors (Lipinski definition) is 1. The van der Waals surface area contributed by atoms with Gasteiger partial charge in [-0.05, 0) is 37.3 Å². The van der Waals surface area contributed by atoms with E-state index in [0.29, 0.717) is 34.4 Å². The smallest absolute Gasteiger partial charge is 0.247 e. The van der Waals surface area contributed by atoms with E-state index in [0.717, 1.165) is 16.5 Å². The van der Waals surface area contributed by atoms with Gasteiger partial charge in [-0.15, -0.1) is 10.2 Å². The molecule has 7 heteroatoms. The van der Waals surface area contributed by atoms with Crippen molar-refractivity contribution < 1.29 is 9.21 Å². The van der Waals surface area contributed by atoms with Gasteiger partial charge in [0.15, 0.2) is 0 Å². The maximum atomic E-state index is 12.4. The molecule has 0 unspecified atom stereocenters. The van der Waals surface area contributed by atoms with Crippen LogP contribution in [-0.2, 0) is 11.2 Å². The zero-order chi connectivity index (χ0) is 19.5. The van der Waals surface area contributed by atoms with Crippen LogP contribution in [-0.4, -0.2) is 21.1 Å². The van der Waals surface area contributed by atoms with Crippen LogP contribution in [0.4, 0.5) is 5.69 Å². The third-order valence-corrected chi connectivity index (χ3v) is 4.49. The summed E-state index contributed by atoms with van der Waals surface area (Å²) in [7, 11) is 0. The van der Waals surface area contributed by atoms with Gasteiger partial charge in [-0.3, -0.25) is 9.78 Å². The van der Waals surface area contributed by atoms with E-state index in [-0.39, 0.29) is 12.3 Å². The Hall–Kier alpha value is -3.25. The molecule has 1 N–H and O–H groups in total. The molecule has 0 fully saturated rings. The van der Waals surface area contributed by atoms with Crippen LogP contribution in [0, 0.1) is 6.92 Å². The molecule has 0 aliphatic heterocycles. The Morgan fingerprint density at radius 1 is 1.14 bits per heavy atom. The van der Waals surface area contributed by atoms with Crippen LogP contribution >= 0.6 is 11.6 Å². The van der Waals surface area contributed by atoms with Crippen molar-refractivity contribution in [1.82, 2.24) is 15.2 Å². The van der Waals surface area contributed by atoms with Gasteiger partial charge in [0, 0.05) is 35.0 Å². The van der Waals surface area contributed by atoms with Crippen molar-refractivity contribution in [3.8, 4) is 11.5 Å². The molecule has 0 radical (unpaired) electrons. The zero-order valence-corrected chi connectivity index (χ0v) is 15.9. The van der Waals surface area contributed by atoms with Gasteiger partial charge in [-0.1, -0.05) is 35.4 Å². The zero-order valence-electron chi connectivity index (χ0n) is 15.1. The van der Waals surface area contributed by atoms with Crippen LogP contribution in [0.5, 0.6) is 0 Å². The number of nitrogens with zero attached hydrogens (tertiary/aromatic N) is 3. The molecule has 2 aromatic heterocycles. The van der Waals surface area contributed by atoms with Crippen molar-refractivity contribution in [2.75, 3.05) is 5.32 Å². The molecule has 2 aromatic carbocycles. The number of nitrogens with one attached hydrogen (secondary N) is 1. The molecule has 0 atom stereocenters. The molecule has 1 amide bonds. The number of benzene rings is 2. The van der Waals surface area contributed by atoms with Gasteiger partial charge in [0.1, 0.15) is 0 Å². The highest BCUT2D eigenvalue weighted by Gasteiger charge is 2.12. The van der Waals surface area contributed by atoms with Gasteiger partial charge in [0.2, 0.25) is 17.7 Å². The normalized spacial score (nSPS) is 10.9. The van der Waals surface area contributed by atoms with Crippen LogP contribution in [0.1, 0.15) is 17.9 Å². The first-order valence-electron chi connectivity index (χ1n) is 8.82. The summed E-state index contributed by atoms with van der Waals surface area (Å²) >= 11 is 6.14. The molecule has 4 aromatic rings. The molecule has 0 saturated carbocycles.